The molecular weight excluding hydrogens is 344 g/mol. The molecule has 0 fully saturated rings. The summed E-state index contributed by atoms with van der Waals surface area (Å²) in [6.45, 7) is 9.33. The predicted octanol–water partition coefficient (Wildman–Crippen LogP) is 4.71. The number of rotatable bonds is 8. The van der Waals surface area contributed by atoms with E-state index < -0.39 is 5.97 Å². The number of ether oxygens (including phenoxy) is 3. The maximum atomic E-state index is 11.0. The van der Waals surface area contributed by atoms with E-state index in [2.05, 4.69) is 39.8 Å². The van der Waals surface area contributed by atoms with E-state index in [0.717, 1.165) is 12.2 Å². The number of hydrogen-bond acceptors (Lipinski definition) is 4. The van der Waals surface area contributed by atoms with Crippen molar-refractivity contribution in [3.05, 3.63) is 53.1 Å². The Morgan fingerprint density at radius 2 is 1.59 bits per heavy atom. The largest absolute Gasteiger partial charge is 0.493 e. The van der Waals surface area contributed by atoms with Crippen molar-refractivity contribution in [1.82, 2.24) is 0 Å². The van der Waals surface area contributed by atoms with Gasteiger partial charge in [-0.25, -0.2) is 4.79 Å². The molecule has 27 heavy (non-hydrogen) atoms. The Hall–Kier alpha value is -2.69. The number of hydrogen-bond donors (Lipinski definition) is 1. The minimum absolute atomic E-state index is 0.0166. The van der Waals surface area contributed by atoms with Gasteiger partial charge in [-0.2, -0.15) is 0 Å². The summed E-state index contributed by atoms with van der Waals surface area (Å²) in [6, 6.07) is 10.8. The van der Waals surface area contributed by atoms with Crippen molar-refractivity contribution >= 4 is 5.97 Å². The Balaban J connectivity index is 2.02. The first-order valence-corrected chi connectivity index (χ1v) is 9.06. The minimum Gasteiger partial charge on any atom is -0.493 e. The van der Waals surface area contributed by atoms with Gasteiger partial charge in [0.25, 0.3) is 0 Å². The van der Waals surface area contributed by atoms with E-state index in [9.17, 15) is 4.79 Å². The van der Waals surface area contributed by atoms with Crippen molar-refractivity contribution < 1.29 is 24.1 Å². The fourth-order valence-electron chi connectivity index (χ4n) is 2.73. The first kappa shape index (κ1) is 20.6. The second kappa shape index (κ2) is 8.80. The van der Waals surface area contributed by atoms with Crippen molar-refractivity contribution in [1.29, 1.82) is 0 Å². The molecule has 1 N–H and O–H groups in total. The Bertz CT molecular complexity index is 790. The second-order valence-electron chi connectivity index (χ2n) is 7.30. The summed E-state index contributed by atoms with van der Waals surface area (Å²) in [5, 5.41) is 9.05. The average Bonchev–Trinajstić information content (AvgIpc) is 2.64. The summed E-state index contributed by atoms with van der Waals surface area (Å²) in [4.78, 5) is 11.0. The Kier molecular flexibility index (Phi) is 6.72. The third-order valence-corrected chi connectivity index (χ3v) is 4.27. The van der Waals surface area contributed by atoms with Gasteiger partial charge in [-0.05, 0) is 47.2 Å². The number of aromatic carboxylic acids is 1. The molecule has 0 spiro atoms. The normalized spacial score (nSPS) is 11.1. The first-order valence-electron chi connectivity index (χ1n) is 9.06. The van der Waals surface area contributed by atoms with Gasteiger partial charge in [0, 0.05) is 0 Å². The van der Waals surface area contributed by atoms with Crippen LogP contribution in [0.2, 0.25) is 0 Å². The van der Waals surface area contributed by atoms with Gasteiger partial charge in [0.15, 0.2) is 11.5 Å². The molecule has 2 rings (SSSR count). The number of methoxy groups -OCH3 is 1. The van der Waals surface area contributed by atoms with E-state index in [1.165, 1.54) is 30.4 Å². The number of carboxylic acid groups (broad SMARTS) is 1. The zero-order valence-corrected chi connectivity index (χ0v) is 16.7. The van der Waals surface area contributed by atoms with Crippen LogP contribution in [0.1, 0.15) is 49.2 Å². The average molecular weight is 372 g/mol. The van der Waals surface area contributed by atoms with Gasteiger partial charge in [0.2, 0.25) is 0 Å². The molecule has 0 aliphatic heterocycles. The van der Waals surface area contributed by atoms with Gasteiger partial charge >= 0.3 is 5.97 Å². The minimum atomic E-state index is -1.01. The highest BCUT2D eigenvalue weighted by Crippen LogP contribution is 2.32. The third-order valence-electron chi connectivity index (χ3n) is 4.27. The van der Waals surface area contributed by atoms with Crippen molar-refractivity contribution in [3.63, 3.8) is 0 Å². The van der Waals surface area contributed by atoms with Crippen LogP contribution < -0.4 is 14.2 Å². The standard InChI is InChI=1S/C22H28O5/c1-6-15-7-9-18(17(13-15)22(2,3)4)26-11-12-27-19-10-8-16(21(23)24)14-20(19)25-5/h7-10,13-14H,6,11-12H2,1-5H3,(H,23,24). The molecule has 0 atom stereocenters. The van der Waals surface area contributed by atoms with Crippen molar-refractivity contribution in [2.24, 2.45) is 0 Å². The molecule has 5 nitrogen and oxygen atoms in total. The molecule has 0 heterocycles. The van der Waals surface area contributed by atoms with Crippen LogP contribution in [0, 0.1) is 0 Å². The van der Waals surface area contributed by atoms with Crippen molar-refractivity contribution in [2.75, 3.05) is 20.3 Å². The lowest BCUT2D eigenvalue weighted by atomic mass is 9.85. The van der Waals surface area contributed by atoms with Gasteiger partial charge in [-0.15, -0.1) is 0 Å². The number of benzene rings is 2. The molecule has 5 heteroatoms. The maximum absolute atomic E-state index is 11.0. The zero-order valence-electron chi connectivity index (χ0n) is 16.7. The number of aryl methyl sites for hydroxylation is 1. The van der Waals surface area contributed by atoms with E-state index in [0.29, 0.717) is 24.7 Å². The van der Waals surface area contributed by atoms with Crippen LogP contribution in [0.4, 0.5) is 0 Å². The molecule has 2 aromatic carbocycles. The molecule has 0 aliphatic rings. The molecule has 0 saturated heterocycles. The smallest absolute Gasteiger partial charge is 0.335 e. The van der Waals surface area contributed by atoms with Gasteiger partial charge < -0.3 is 19.3 Å². The van der Waals surface area contributed by atoms with E-state index >= 15 is 0 Å². The summed E-state index contributed by atoms with van der Waals surface area (Å²) >= 11 is 0. The molecule has 0 amide bonds. The molecule has 2 aromatic rings. The number of carbonyl (C=O) groups is 1. The molecule has 146 valence electrons. The number of carboxylic acids is 1. The van der Waals surface area contributed by atoms with Crippen LogP contribution in [0.25, 0.3) is 0 Å². The lowest BCUT2D eigenvalue weighted by molar-refractivity contribution is 0.0696. The molecule has 0 bridgehead atoms. The Labute approximate surface area is 160 Å². The van der Waals surface area contributed by atoms with Crippen LogP contribution in [0.5, 0.6) is 17.2 Å². The van der Waals surface area contributed by atoms with Gasteiger partial charge in [-0.3, -0.25) is 0 Å². The summed E-state index contributed by atoms with van der Waals surface area (Å²) in [6.07, 6.45) is 0.985. The highest BCUT2D eigenvalue weighted by atomic mass is 16.5. The molecule has 0 aromatic heterocycles. The van der Waals surface area contributed by atoms with E-state index in [-0.39, 0.29) is 11.0 Å². The van der Waals surface area contributed by atoms with Crippen LogP contribution in [-0.4, -0.2) is 31.4 Å². The van der Waals surface area contributed by atoms with Crippen LogP contribution >= 0.6 is 0 Å². The summed E-state index contributed by atoms with van der Waals surface area (Å²) < 4.78 is 16.9. The second-order valence-corrected chi connectivity index (χ2v) is 7.30. The summed E-state index contributed by atoms with van der Waals surface area (Å²) in [5.74, 6) is 0.728. The van der Waals surface area contributed by atoms with E-state index in [1.807, 2.05) is 6.07 Å². The fourth-order valence-corrected chi connectivity index (χ4v) is 2.73. The molecule has 0 radical (unpaired) electrons. The van der Waals surface area contributed by atoms with Gasteiger partial charge in [0.1, 0.15) is 19.0 Å². The Morgan fingerprint density at radius 1 is 0.963 bits per heavy atom. The van der Waals surface area contributed by atoms with Crippen LogP contribution in [0.3, 0.4) is 0 Å². The topological polar surface area (TPSA) is 65.0 Å². The monoisotopic (exact) mass is 372 g/mol. The summed E-state index contributed by atoms with van der Waals surface area (Å²) in [5.41, 5.74) is 2.59. The van der Waals surface area contributed by atoms with Crippen LogP contribution in [0.15, 0.2) is 36.4 Å². The lowest BCUT2D eigenvalue weighted by Crippen LogP contribution is -2.16. The van der Waals surface area contributed by atoms with Crippen LogP contribution in [-0.2, 0) is 11.8 Å². The Morgan fingerprint density at radius 3 is 2.15 bits per heavy atom. The first-order chi connectivity index (χ1) is 12.8. The predicted molar refractivity (Wildman–Crippen MR) is 105 cm³/mol. The third kappa shape index (κ3) is 5.39. The molecule has 0 saturated carbocycles. The van der Waals surface area contributed by atoms with Gasteiger partial charge in [-0.1, -0.05) is 39.8 Å². The quantitative estimate of drug-likeness (QED) is 0.680. The lowest BCUT2D eigenvalue weighted by Gasteiger charge is -2.24. The zero-order chi connectivity index (χ0) is 20.0. The van der Waals surface area contributed by atoms with Gasteiger partial charge in [0.05, 0.1) is 12.7 Å². The van der Waals surface area contributed by atoms with Crippen molar-refractivity contribution in [2.45, 2.75) is 39.5 Å². The fraction of sp³-hybridized carbons (Fsp3) is 0.409. The maximum Gasteiger partial charge on any atom is 0.335 e. The van der Waals surface area contributed by atoms with E-state index in [1.54, 1.807) is 6.07 Å². The highest BCUT2D eigenvalue weighted by Gasteiger charge is 2.19. The summed E-state index contributed by atoms with van der Waals surface area (Å²) in [7, 11) is 1.48. The molecule has 0 aliphatic carbocycles. The molecular formula is C22H28O5. The van der Waals surface area contributed by atoms with Crippen molar-refractivity contribution in [3.8, 4) is 17.2 Å². The highest BCUT2D eigenvalue weighted by molar-refractivity contribution is 5.88. The van der Waals surface area contributed by atoms with E-state index in [4.69, 9.17) is 19.3 Å². The SMILES string of the molecule is CCc1ccc(OCCOc2ccc(C(=O)O)cc2OC)c(C(C)(C)C)c1. The molecule has 0 unspecified atom stereocenters.